The van der Waals surface area contributed by atoms with Crippen LogP contribution in [0.1, 0.15) is 23.6 Å². The summed E-state index contributed by atoms with van der Waals surface area (Å²) in [5.74, 6) is 2.28. The van der Waals surface area contributed by atoms with E-state index in [2.05, 4.69) is 46.6 Å². The third-order valence-corrected chi connectivity index (χ3v) is 4.22. The fourth-order valence-electron chi connectivity index (χ4n) is 2.75. The Morgan fingerprint density at radius 3 is 2.60 bits per heavy atom. The number of aryl methyl sites for hydroxylation is 1. The van der Waals surface area contributed by atoms with E-state index in [0.717, 1.165) is 36.8 Å². The van der Waals surface area contributed by atoms with Gasteiger partial charge in [-0.25, -0.2) is 9.98 Å². The lowest BCUT2D eigenvalue weighted by Gasteiger charge is -2.13. The largest absolute Gasteiger partial charge is 0.496 e. The van der Waals surface area contributed by atoms with Gasteiger partial charge in [-0.05, 0) is 37.5 Å². The van der Waals surface area contributed by atoms with Crippen molar-refractivity contribution in [3.63, 3.8) is 0 Å². The van der Waals surface area contributed by atoms with Crippen LogP contribution in [0.4, 0.5) is 0 Å². The van der Waals surface area contributed by atoms with Crippen molar-refractivity contribution in [1.82, 2.24) is 15.6 Å². The zero-order valence-electron chi connectivity index (χ0n) is 18.2. The molecule has 0 unspecified atom stereocenters. The van der Waals surface area contributed by atoms with Gasteiger partial charge in [-0.1, -0.05) is 23.8 Å². The van der Waals surface area contributed by atoms with Gasteiger partial charge in [0, 0.05) is 32.5 Å². The van der Waals surface area contributed by atoms with Crippen LogP contribution in [0.15, 0.2) is 41.5 Å². The summed E-state index contributed by atoms with van der Waals surface area (Å²) in [4.78, 5) is 8.94. The van der Waals surface area contributed by atoms with Crippen LogP contribution in [0.2, 0.25) is 0 Å². The fourth-order valence-corrected chi connectivity index (χ4v) is 2.75. The minimum atomic E-state index is 0. The molecule has 166 valence electrons. The molecular weight excluding hydrogens is 495 g/mol. The SMILES string of the molecule is CCNC(=NCc1ccc(OCCOC)nc1)NCCc1cc(C)ccc1OC.I. The number of nitrogens with zero attached hydrogens (tertiary/aromatic N) is 2. The Bertz CT molecular complexity index is 769. The molecule has 0 saturated carbocycles. The van der Waals surface area contributed by atoms with Gasteiger partial charge in [0.1, 0.15) is 12.4 Å². The highest BCUT2D eigenvalue weighted by molar-refractivity contribution is 14.0. The minimum Gasteiger partial charge on any atom is -0.496 e. The molecule has 1 aromatic carbocycles. The standard InChI is InChI=1S/C22H32N4O3.HI/c1-5-23-22(24-11-10-19-14-17(2)6-8-20(19)28-4)26-16-18-7-9-21(25-15-18)29-13-12-27-3;/h6-9,14-15H,5,10-13,16H2,1-4H3,(H2,23,24,26);1H. The maximum Gasteiger partial charge on any atom is 0.213 e. The second kappa shape index (κ2) is 14.8. The highest BCUT2D eigenvalue weighted by Crippen LogP contribution is 2.19. The average molecular weight is 528 g/mol. The molecule has 7 nitrogen and oxygen atoms in total. The molecule has 0 aliphatic rings. The number of guanidine groups is 1. The van der Waals surface area contributed by atoms with Crippen LogP contribution in [0.25, 0.3) is 0 Å². The average Bonchev–Trinajstić information content (AvgIpc) is 2.73. The number of benzene rings is 1. The number of hydrogen-bond acceptors (Lipinski definition) is 5. The summed E-state index contributed by atoms with van der Waals surface area (Å²) in [5, 5.41) is 6.65. The number of nitrogens with one attached hydrogen (secondary N) is 2. The molecule has 30 heavy (non-hydrogen) atoms. The van der Waals surface area contributed by atoms with Gasteiger partial charge >= 0.3 is 0 Å². The van der Waals surface area contributed by atoms with E-state index in [4.69, 9.17) is 14.2 Å². The maximum absolute atomic E-state index is 5.48. The number of aliphatic imine (C=N–C) groups is 1. The van der Waals surface area contributed by atoms with Gasteiger partial charge in [0.15, 0.2) is 5.96 Å². The number of hydrogen-bond donors (Lipinski definition) is 2. The van der Waals surface area contributed by atoms with Crippen molar-refractivity contribution in [2.24, 2.45) is 4.99 Å². The van der Waals surface area contributed by atoms with E-state index < -0.39 is 0 Å². The molecule has 1 aromatic heterocycles. The molecule has 0 fully saturated rings. The number of pyridine rings is 1. The first kappa shape index (κ1) is 26.0. The van der Waals surface area contributed by atoms with Gasteiger partial charge in [-0.15, -0.1) is 24.0 Å². The fraction of sp³-hybridized carbons (Fsp3) is 0.455. The summed E-state index contributed by atoms with van der Waals surface area (Å²) in [6, 6.07) is 10.1. The number of ether oxygens (including phenoxy) is 3. The lowest BCUT2D eigenvalue weighted by Crippen LogP contribution is -2.38. The molecule has 0 aliphatic heterocycles. The number of halogens is 1. The van der Waals surface area contributed by atoms with Crippen molar-refractivity contribution in [2.75, 3.05) is 40.5 Å². The third-order valence-electron chi connectivity index (χ3n) is 4.22. The molecule has 2 N–H and O–H groups in total. The molecule has 0 spiro atoms. The van der Waals surface area contributed by atoms with E-state index in [1.165, 1.54) is 11.1 Å². The topological polar surface area (TPSA) is 77.0 Å². The number of rotatable bonds is 11. The molecule has 0 atom stereocenters. The molecule has 2 rings (SSSR count). The normalized spacial score (nSPS) is 10.9. The zero-order valence-corrected chi connectivity index (χ0v) is 20.6. The Morgan fingerprint density at radius 2 is 1.93 bits per heavy atom. The van der Waals surface area contributed by atoms with Gasteiger partial charge < -0.3 is 24.8 Å². The van der Waals surface area contributed by atoms with E-state index in [-0.39, 0.29) is 24.0 Å². The van der Waals surface area contributed by atoms with Gasteiger partial charge in [0.2, 0.25) is 5.88 Å². The molecular formula is C22H33IN4O3. The van der Waals surface area contributed by atoms with Crippen LogP contribution in [0, 0.1) is 6.92 Å². The smallest absolute Gasteiger partial charge is 0.213 e. The molecule has 2 aromatic rings. The minimum absolute atomic E-state index is 0. The molecule has 0 radical (unpaired) electrons. The summed E-state index contributed by atoms with van der Waals surface area (Å²) in [6.07, 6.45) is 2.64. The Kier molecular flexibility index (Phi) is 12.8. The van der Waals surface area contributed by atoms with E-state index in [1.807, 2.05) is 18.2 Å². The summed E-state index contributed by atoms with van der Waals surface area (Å²) < 4.78 is 15.9. The Labute approximate surface area is 196 Å². The summed E-state index contributed by atoms with van der Waals surface area (Å²) in [6.45, 7) is 7.26. The van der Waals surface area contributed by atoms with Crippen LogP contribution in [0.5, 0.6) is 11.6 Å². The molecule has 0 aliphatic carbocycles. The summed E-state index contributed by atoms with van der Waals surface area (Å²) >= 11 is 0. The first-order chi connectivity index (χ1) is 14.2. The summed E-state index contributed by atoms with van der Waals surface area (Å²) in [5.41, 5.74) is 3.43. The maximum atomic E-state index is 5.48. The second-order valence-electron chi connectivity index (χ2n) is 6.53. The first-order valence-electron chi connectivity index (χ1n) is 9.88. The third kappa shape index (κ3) is 9.17. The first-order valence-corrected chi connectivity index (χ1v) is 9.88. The quantitative estimate of drug-likeness (QED) is 0.202. The lowest BCUT2D eigenvalue weighted by atomic mass is 10.1. The monoisotopic (exact) mass is 528 g/mol. The van der Waals surface area contributed by atoms with Crippen molar-refractivity contribution < 1.29 is 14.2 Å². The highest BCUT2D eigenvalue weighted by atomic mass is 127. The second-order valence-corrected chi connectivity index (χ2v) is 6.53. The molecule has 0 saturated heterocycles. The zero-order chi connectivity index (χ0) is 20.9. The van der Waals surface area contributed by atoms with E-state index in [9.17, 15) is 0 Å². The molecule has 0 amide bonds. The van der Waals surface area contributed by atoms with Crippen LogP contribution in [-0.4, -0.2) is 51.5 Å². The highest BCUT2D eigenvalue weighted by Gasteiger charge is 2.04. The lowest BCUT2D eigenvalue weighted by molar-refractivity contribution is 0.143. The van der Waals surface area contributed by atoms with Crippen LogP contribution in [0.3, 0.4) is 0 Å². The number of aromatic nitrogens is 1. The Hall–Kier alpha value is -2.07. The molecule has 8 heteroatoms. The van der Waals surface area contributed by atoms with E-state index >= 15 is 0 Å². The van der Waals surface area contributed by atoms with Crippen molar-refractivity contribution in [2.45, 2.75) is 26.8 Å². The Balaban J connectivity index is 0.00000450. The van der Waals surface area contributed by atoms with Crippen LogP contribution < -0.4 is 20.1 Å². The van der Waals surface area contributed by atoms with Gasteiger partial charge in [0.05, 0.1) is 20.3 Å². The van der Waals surface area contributed by atoms with Gasteiger partial charge in [0.25, 0.3) is 0 Å². The Morgan fingerprint density at radius 1 is 1.10 bits per heavy atom. The van der Waals surface area contributed by atoms with Crippen LogP contribution in [-0.2, 0) is 17.7 Å². The van der Waals surface area contributed by atoms with Crippen molar-refractivity contribution in [3.8, 4) is 11.6 Å². The van der Waals surface area contributed by atoms with Crippen molar-refractivity contribution in [1.29, 1.82) is 0 Å². The summed E-state index contributed by atoms with van der Waals surface area (Å²) in [7, 11) is 3.35. The van der Waals surface area contributed by atoms with Gasteiger partial charge in [-0.3, -0.25) is 0 Å². The van der Waals surface area contributed by atoms with E-state index in [0.29, 0.717) is 25.6 Å². The van der Waals surface area contributed by atoms with Crippen molar-refractivity contribution >= 4 is 29.9 Å². The molecule has 1 heterocycles. The van der Waals surface area contributed by atoms with E-state index in [1.54, 1.807) is 20.4 Å². The predicted octanol–water partition coefficient (Wildman–Crippen LogP) is 3.34. The predicted molar refractivity (Wildman–Crippen MR) is 131 cm³/mol. The van der Waals surface area contributed by atoms with Gasteiger partial charge in [-0.2, -0.15) is 0 Å². The number of methoxy groups -OCH3 is 2. The van der Waals surface area contributed by atoms with Crippen LogP contribution >= 0.6 is 24.0 Å². The van der Waals surface area contributed by atoms with Crippen molar-refractivity contribution in [3.05, 3.63) is 53.2 Å². The molecule has 0 bridgehead atoms.